The molecule has 6 nitrogen and oxygen atoms in total. The molecule has 0 aliphatic rings. The van der Waals surface area contributed by atoms with Crippen molar-refractivity contribution in [2.24, 2.45) is 5.10 Å². The molecule has 0 atom stereocenters. The van der Waals surface area contributed by atoms with Gasteiger partial charge in [-0.25, -0.2) is 5.43 Å². The van der Waals surface area contributed by atoms with Gasteiger partial charge in [-0.1, -0.05) is 60.1 Å². The fourth-order valence-corrected chi connectivity index (χ4v) is 4.26. The Labute approximate surface area is 207 Å². The minimum Gasteiger partial charge on any atom is -0.481 e. The number of nitrogens with one attached hydrogen (secondary N) is 1. The molecule has 0 saturated carbocycles. The first-order valence-electron chi connectivity index (χ1n) is 11.2. The Morgan fingerprint density at radius 3 is 2.71 bits per heavy atom. The summed E-state index contributed by atoms with van der Waals surface area (Å²) in [7, 11) is 0. The molecule has 0 spiro atoms. The Kier molecular flexibility index (Phi) is 6.46. The second-order valence-corrected chi connectivity index (χ2v) is 8.58. The number of rotatable bonds is 7. The van der Waals surface area contributed by atoms with Crippen molar-refractivity contribution in [1.82, 2.24) is 15.0 Å². The van der Waals surface area contributed by atoms with Gasteiger partial charge in [0.15, 0.2) is 6.61 Å². The third-order valence-corrected chi connectivity index (χ3v) is 6.12. The van der Waals surface area contributed by atoms with Gasteiger partial charge in [-0.05, 0) is 42.8 Å². The lowest BCUT2D eigenvalue weighted by Crippen LogP contribution is -2.24. The fourth-order valence-electron chi connectivity index (χ4n) is 4.13. The maximum atomic E-state index is 12.4. The largest absolute Gasteiger partial charge is 0.481 e. The molecule has 1 amide bonds. The summed E-state index contributed by atoms with van der Waals surface area (Å²) in [6.07, 6.45) is 3.39. The summed E-state index contributed by atoms with van der Waals surface area (Å²) in [6, 6.07) is 25.4. The van der Waals surface area contributed by atoms with Crippen LogP contribution in [-0.2, 0) is 11.3 Å². The number of hydrogen-bond donors (Lipinski definition) is 1. The summed E-state index contributed by atoms with van der Waals surface area (Å²) in [4.78, 5) is 16.7. The SMILES string of the molecule is Cc1c(/C=N/NC(=O)COc2cccc3cccnc23)c2ccccc2n1Cc1ccc(Cl)cc1. The number of nitrogens with zero attached hydrogens (tertiary/aromatic N) is 3. The third kappa shape index (κ3) is 4.88. The quantitative estimate of drug-likeness (QED) is 0.238. The Balaban J connectivity index is 1.30. The van der Waals surface area contributed by atoms with Crippen LogP contribution in [0.5, 0.6) is 5.75 Å². The number of carbonyl (C=O) groups excluding carboxylic acids is 1. The molecule has 174 valence electrons. The Hall–Kier alpha value is -4.16. The van der Waals surface area contributed by atoms with Crippen LogP contribution in [0.4, 0.5) is 0 Å². The number of aromatic nitrogens is 2. The lowest BCUT2D eigenvalue weighted by Gasteiger charge is -2.09. The molecule has 0 aliphatic carbocycles. The fraction of sp³-hybridized carbons (Fsp3) is 0.107. The molecule has 2 aromatic heterocycles. The van der Waals surface area contributed by atoms with Crippen molar-refractivity contribution in [3.8, 4) is 5.75 Å². The minimum atomic E-state index is -0.350. The average molecular weight is 483 g/mol. The second-order valence-electron chi connectivity index (χ2n) is 8.14. The first-order chi connectivity index (χ1) is 17.1. The van der Waals surface area contributed by atoms with Crippen molar-refractivity contribution in [2.75, 3.05) is 6.61 Å². The normalized spacial score (nSPS) is 11.4. The van der Waals surface area contributed by atoms with Gasteiger partial charge >= 0.3 is 0 Å². The summed E-state index contributed by atoms with van der Waals surface area (Å²) in [5.41, 5.74) is 7.54. The molecule has 0 saturated heterocycles. The highest BCUT2D eigenvalue weighted by Crippen LogP contribution is 2.26. The first kappa shape index (κ1) is 22.6. The van der Waals surface area contributed by atoms with E-state index in [1.807, 2.05) is 60.7 Å². The summed E-state index contributed by atoms with van der Waals surface area (Å²) in [5.74, 6) is 0.208. The standard InChI is InChI=1S/C28H23ClN4O2/c1-19-24(23-8-2-3-9-25(23)33(19)17-20-11-13-22(29)14-12-20)16-31-32-27(34)18-35-26-10-4-6-21-7-5-15-30-28(21)26/h2-16H,17-18H2,1H3,(H,32,34)/b31-16+. The van der Waals surface area contributed by atoms with E-state index in [0.717, 1.165) is 38.6 Å². The van der Waals surface area contributed by atoms with E-state index in [2.05, 4.69) is 39.1 Å². The smallest absolute Gasteiger partial charge is 0.277 e. The van der Waals surface area contributed by atoms with E-state index in [-0.39, 0.29) is 12.5 Å². The van der Waals surface area contributed by atoms with Crippen LogP contribution in [0.1, 0.15) is 16.8 Å². The maximum Gasteiger partial charge on any atom is 0.277 e. The van der Waals surface area contributed by atoms with E-state index in [9.17, 15) is 4.79 Å². The number of halogens is 1. The van der Waals surface area contributed by atoms with Gasteiger partial charge in [-0.3, -0.25) is 9.78 Å². The van der Waals surface area contributed by atoms with E-state index < -0.39 is 0 Å². The highest BCUT2D eigenvalue weighted by atomic mass is 35.5. The van der Waals surface area contributed by atoms with Gasteiger partial charge in [0.25, 0.3) is 5.91 Å². The lowest BCUT2D eigenvalue weighted by molar-refractivity contribution is -0.123. The van der Waals surface area contributed by atoms with E-state index in [0.29, 0.717) is 17.3 Å². The molecule has 5 aromatic rings. The molecule has 0 unspecified atom stereocenters. The monoisotopic (exact) mass is 482 g/mol. The van der Waals surface area contributed by atoms with Gasteiger partial charge in [-0.15, -0.1) is 0 Å². The number of amides is 1. The lowest BCUT2D eigenvalue weighted by atomic mass is 10.1. The van der Waals surface area contributed by atoms with Crippen molar-refractivity contribution in [2.45, 2.75) is 13.5 Å². The summed E-state index contributed by atoms with van der Waals surface area (Å²) < 4.78 is 7.93. The zero-order valence-electron chi connectivity index (χ0n) is 19.1. The number of fused-ring (bicyclic) bond motifs is 2. The summed E-state index contributed by atoms with van der Waals surface area (Å²) >= 11 is 6.04. The topological polar surface area (TPSA) is 68.5 Å². The molecule has 35 heavy (non-hydrogen) atoms. The van der Waals surface area contributed by atoms with E-state index in [4.69, 9.17) is 16.3 Å². The number of ether oxygens (including phenoxy) is 1. The van der Waals surface area contributed by atoms with Gasteiger partial charge in [0.2, 0.25) is 0 Å². The molecule has 0 bridgehead atoms. The molecule has 5 rings (SSSR count). The Bertz CT molecular complexity index is 1540. The van der Waals surface area contributed by atoms with Gasteiger partial charge in [0, 0.05) is 45.3 Å². The molecule has 0 aliphatic heterocycles. The van der Waals surface area contributed by atoms with Crippen LogP contribution in [0.15, 0.2) is 90.2 Å². The van der Waals surface area contributed by atoms with Crippen LogP contribution in [0, 0.1) is 6.92 Å². The molecule has 1 N–H and O–H groups in total. The van der Waals surface area contributed by atoms with Crippen LogP contribution in [0.3, 0.4) is 0 Å². The third-order valence-electron chi connectivity index (χ3n) is 5.87. The number of pyridine rings is 1. The van der Waals surface area contributed by atoms with Crippen molar-refractivity contribution in [1.29, 1.82) is 0 Å². The molecule has 0 fully saturated rings. The summed E-state index contributed by atoms with van der Waals surface area (Å²) in [6.45, 7) is 2.59. The van der Waals surface area contributed by atoms with E-state index >= 15 is 0 Å². The van der Waals surface area contributed by atoms with Gasteiger partial charge in [-0.2, -0.15) is 5.10 Å². The van der Waals surface area contributed by atoms with Crippen molar-refractivity contribution < 1.29 is 9.53 Å². The van der Waals surface area contributed by atoms with Crippen LogP contribution < -0.4 is 10.2 Å². The van der Waals surface area contributed by atoms with Crippen molar-refractivity contribution in [3.05, 3.63) is 107 Å². The van der Waals surface area contributed by atoms with E-state index in [1.165, 1.54) is 0 Å². The number of para-hydroxylation sites is 2. The molecule has 0 radical (unpaired) electrons. The molecule has 7 heteroatoms. The summed E-state index contributed by atoms with van der Waals surface area (Å²) in [5, 5.41) is 6.94. The predicted molar refractivity (Wildman–Crippen MR) is 140 cm³/mol. The molecule has 2 heterocycles. The van der Waals surface area contributed by atoms with Crippen LogP contribution in [0.25, 0.3) is 21.8 Å². The van der Waals surface area contributed by atoms with Crippen LogP contribution >= 0.6 is 11.6 Å². The van der Waals surface area contributed by atoms with Crippen molar-refractivity contribution >= 4 is 45.5 Å². The molecule has 3 aromatic carbocycles. The van der Waals surface area contributed by atoms with E-state index in [1.54, 1.807) is 18.5 Å². The highest BCUT2D eigenvalue weighted by molar-refractivity contribution is 6.30. The number of benzene rings is 3. The Morgan fingerprint density at radius 1 is 1.06 bits per heavy atom. The highest BCUT2D eigenvalue weighted by Gasteiger charge is 2.13. The number of hydrogen-bond acceptors (Lipinski definition) is 4. The van der Waals surface area contributed by atoms with Gasteiger partial charge in [0.1, 0.15) is 11.3 Å². The van der Waals surface area contributed by atoms with Gasteiger partial charge in [0.05, 0.1) is 6.21 Å². The number of carbonyl (C=O) groups is 1. The second kappa shape index (κ2) is 9.99. The van der Waals surface area contributed by atoms with Crippen molar-refractivity contribution in [3.63, 3.8) is 0 Å². The Morgan fingerprint density at radius 2 is 1.86 bits per heavy atom. The average Bonchev–Trinajstić information content (AvgIpc) is 3.15. The van der Waals surface area contributed by atoms with Crippen LogP contribution in [-0.4, -0.2) is 28.3 Å². The minimum absolute atomic E-state index is 0.162. The zero-order chi connectivity index (χ0) is 24.2. The predicted octanol–water partition coefficient (Wildman–Crippen LogP) is 5.73. The molecular formula is C28H23ClN4O2. The van der Waals surface area contributed by atoms with Crippen LogP contribution in [0.2, 0.25) is 5.02 Å². The van der Waals surface area contributed by atoms with Gasteiger partial charge < -0.3 is 9.30 Å². The first-order valence-corrected chi connectivity index (χ1v) is 11.6. The molecular weight excluding hydrogens is 460 g/mol. The zero-order valence-corrected chi connectivity index (χ0v) is 19.9. The maximum absolute atomic E-state index is 12.4. The number of hydrazone groups is 1.